The Balaban J connectivity index is 1.18. The molecular weight excluding hydrogens is 545 g/mol. The Morgan fingerprint density at radius 3 is 1.14 bits per heavy atom. The van der Waals surface area contributed by atoms with Crippen molar-refractivity contribution in [3.63, 3.8) is 0 Å². The fourth-order valence-corrected chi connectivity index (χ4v) is 7.05. The molecule has 43 heavy (non-hydrogen) atoms. The third kappa shape index (κ3) is 8.80. The lowest BCUT2D eigenvalue weighted by molar-refractivity contribution is 0.0879. The zero-order valence-corrected chi connectivity index (χ0v) is 26.7. The van der Waals surface area contributed by atoms with E-state index in [1.165, 1.54) is 12.8 Å². The average Bonchev–Trinajstić information content (AvgIpc) is 3.07. The van der Waals surface area contributed by atoms with Crippen molar-refractivity contribution in [1.29, 1.82) is 0 Å². The molecule has 0 aromatic heterocycles. The highest BCUT2D eigenvalue weighted by Crippen LogP contribution is 2.35. The second-order valence-corrected chi connectivity index (χ2v) is 13.2. The zero-order valence-electron chi connectivity index (χ0n) is 25.8. The molecule has 0 N–H and O–H groups in total. The van der Waals surface area contributed by atoms with Crippen LogP contribution in [-0.2, 0) is 10.8 Å². The molecule has 2 atom stereocenters. The van der Waals surface area contributed by atoms with E-state index in [-0.39, 0.29) is 11.6 Å². The van der Waals surface area contributed by atoms with Gasteiger partial charge in [-0.3, -0.25) is 9.59 Å². The highest BCUT2D eigenvalue weighted by atomic mass is 32.2. The molecule has 0 aliphatic heterocycles. The van der Waals surface area contributed by atoms with E-state index >= 15 is 0 Å². The van der Waals surface area contributed by atoms with Crippen molar-refractivity contribution in [3.8, 4) is 0 Å². The van der Waals surface area contributed by atoms with Crippen LogP contribution < -0.4 is 0 Å². The Labute approximate surface area is 263 Å². The summed E-state index contributed by atoms with van der Waals surface area (Å²) < 4.78 is 0. The summed E-state index contributed by atoms with van der Waals surface area (Å²) in [5.41, 5.74) is 2.77. The second-order valence-electron chi connectivity index (χ2n) is 12.0. The maximum absolute atomic E-state index is 13.6. The molecule has 0 fully saturated rings. The molecule has 0 aliphatic carbocycles. The van der Waals surface area contributed by atoms with Crippen LogP contribution in [0.5, 0.6) is 0 Å². The zero-order chi connectivity index (χ0) is 30.4. The molecule has 224 valence electrons. The predicted molar refractivity (Wildman–Crippen MR) is 183 cm³/mol. The van der Waals surface area contributed by atoms with Gasteiger partial charge in [0, 0.05) is 11.1 Å². The van der Waals surface area contributed by atoms with Crippen molar-refractivity contribution in [1.82, 2.24) is 0 Å². The van der Waals surface area contributed by atoms with Gasteiger partial charge in [-0.15, -0.1) is 0 Å². The first-order valence-corrected chi connectivity index (χ1v) is 17.0. The van der Waals surface area contributed by atoms with Gasteiger partial charge in [-0.2, -0.15) is 11.8 Å². The van der Waals surface area contributed by atoms with Crippen LogP contribution in [0.25, 0.3) is 0 Å². The summed E-state index contributed by atoms with van der Waals surface area (Å²) in [6, 6.07) is 40.0. The summed E-state index contributed by atoms with van der Waals surface area (Å²) in [7, 11) is 0. The number of hydrogen-bond donors (Lipinski definition) is 0. The number of carbonyl (C=O) groups is 2. The molecule has 3 heteroatoms. The van der Waals surface area contributed by atoms with Gasteiger partial charge in [-0.1, -0.05) is 147 Å². The molecule has 0 bridgehead atoms. The summed E-state index contributed by atoms with van der Waals surface area (Å²) in [6.45, 7) is 4.23. The summed E-state index contributed by atoms with van der Waals surface area (Å²) in [4.78, 5) is 27.2. The van der Waals surface area contributed by atoms with Gasteiger partial charge >= 0.3 is 0 Å². The fraction of sp³-hybridized carbons (Fsp3) is 0.350. The number of unbranched alkanes of at least 4 members (excludes halogenated alkanes) is 4. The number of rotatable bonds is 18. The van der Waals surface area contributed by atoms with Crippen molar-refractivity contribution >= 4 is 23.3 Å². The summed E-state index contributed by atoms with van der Waals surface area (Å²) >= 11 is 2.03. The van der Waals surface area contributed by atoms with E-state index in [4.69, 9.17) is 0 Å². The Kier molecular flexibility index (Phi) is 12.4. The van der Waals surface area contributed by atoms with Gasteiger partial charge < -0.3 is 0 Å². The third-order valence-corrected chi connectivity index (χ3v) is 9.98. The van der Waals surface area contributed by atoms with Gasteiger partial charge in [-0.05, 0) is 62.2 Å². The predicted octanol–water partition coefficient (Wildman–Crippen LogP) is 10.5. The van der Waals surface area contributed by atoms with Gasteiger partial charge in [0.25, 0.3) is 0 Å². The highest BCUT2D eigenvalue weighted by molar-refractivity contribution is 7.99. The number of ketones is 2. The van der Waals surface area contributed by atoms with Crippen molar-refractivity contribution in [2.24, 2.45) is 0 Å². The number of benzene rings is 4. The summed E-state index contributed by atoms with van der Waals surface area (Å²) in [5, 5.41) is 0. The molecule has 0 saturated carbocycles. The lowest BCUT2D eigenvalue weighted by Gasteiger charge is -2.29. The van der Waals surface area contributed by atoms with Crippen LogP contribution in [0, 0.1) is 0 Å². The lowest BCUT2D eigenvalue weighted by atomic mass is 9.72. The van der Waals surface area contributed by atoms with E-state index in [1.807, 2.05) is 109 Å². The topological polar surface area (TPSA) is 34.1 Å². The molecule has 0 radical (unpaired) electrons. The smallest absolute Gasteiger partial charge is 0.173 e. The first-order chi connectivity index (χ1) is 20.9. The molecular formula is C40H46O2S. The van der Waals surface area contributed by atoms with Gasteiger partial charge in [0.2, 0.25) is 0 Å². The van der Waals surface area contributed by atoms with Crippen molar-refractivity contribution in [2.45, 2.75) is 76.0 Å². The van der Waals surface area contributed by atoms with E-state index in [0.717, 1.165) is 72.3 Å². The molecule has 4 aromatic carbocycles. The maximum atomic E-state index is 13.6. The van der Waals surface area contributed by atoms with Crippen LogP contribution in [-0.4, -0.2) is 23.1 Å². The first kappa shape index (κ1) is 32.5. The van der Waals surface area contributed by atoms with Crippen LogP contribution in [0.3, 0.4) is 0 Å². The fourth-order valence-electron chi connectivity index (χ4n) is 6.03. The lowest BCUT2D eigenvalue weighted by Crippen LogP contribution is -2.32. The normalized spacial score (nSPS) is 14.0. The van der Waals surface area contributed by atoms with Crippen LogP contribution in [0.1, 0.15) is 97.1 Å². The Bertz CT molecular complexity index is 1280. The van der Waals surface area contributed by atoms with Crippen molar-refractivity contribution in [2.75, 3.05) is 11.5 Å². The van der Waals surface area contributed by atoms with E-state index < -0.39 is 10.8 Å². The Hall–Kier alpha value is -3.43. The quantitative estimate of drug-likeness (QED) is 0.0854. The molecule has 2 unspecified atom stereocenters. The second kappa shape index (κ2) is 16.4. The van der Waals surface area contributed by atoms with Crippen molar-refractivity contribution < 1.29 is 9.59 Å². The van der Waals surface area contributed by atoms with Crippen LogP contribution in [0.15, 0.2) is 121 Å². The minimum atomic E-state index is -0.508. The molecule has 4 rings (SSSR count). The monoisotopic (exact) mass is 590 g/mol. The summed E-state index contributed by atoms with van der Waals surface area (Å²) in [6.07, 6.45) is 8.41. The molecule has 0 aliphatic rings. The standard InChI is InChI=1S/C40H46O2S/c1-39(35-25-13-5-14-26-35,37(41)33-21-9-3-10-22-33)29-17-7-19-31-43-32-20-8-18-30-40(2,36-27-15-6-16-28-36)38(42)34-23-11-4-12-24-34/h3-6,9-16,21-28H,7-8,17-20,29-32H2,1-2H3. The van der Waals surface area contributed by atoms with E-state index in [0.29, 0.717) is 0 Å². The number of hydrogen-bond acceptors (Lipinski definition) is 3. The highest BCUT2D eigenvalue weighted by Gasteiger charge is 2.36. The van der Waals surface area contributed by atoms with Gasteiger partial charge in [0.05, 0.1) is 10.8 Å². The van der Waals surface area contributed by atoms with Crippen molar-refractivity contribution in [3.05, 3.63) is 144 Å². The SMILES string of the molecule is CC(CCCCCSCCCCCC(C)(C(=O)c1ccccc1)c1ccccc1)(C(=O)c1ccccc1)c1ccccc1. The molecule has 0 heterocycles. The average molecular weight is 591 g/mol. The third-order valence-electron chi connectivity index (χ3n) is 8.83. The Morgan fingerprint density at radius 1 is 0.465 bits per heavy atom. The van der Waals surface area contributed by atoms with Gasteiger partial charge in [0.1, 0.15) is 0 Å². The van der Waals surface area contributed by atoms with Crippen LogP contribution >= 0.6 is 11.8 Å². The van der Waals surface area contributed by atoms with Crippen LogP contribution in [0.2, 0.25) is 0 Å². The largest absolute Gasteiger partial charge is 0.293 e. The molecule has 4 aromatic rings. The van der Waals surface area contributed by atoms with E-state index in [2.05, 4.69) is 38.1 Å². The molecule has 0 amide bonds. The number of carbonyl (C=O) groups excluding carboxylic acids is 2. The van der Waals surface area contributed by atoms with Gasteiger partial charge in [0.15, 0.2) is 11.6 Å². The summed E-state index contributed by atoms with van der Waals surface area (Å²) in [5.74, 6) is 2.73. The minimum Gasteiger partial charge on any atom is -0.293 e. The van der Waals surface area contributed by atoms with E-state index in [9.17, 15) is 9.59 Å². The van der Waals surface area contributed by atoms with E-state index in [1.54, 1.807) is 0 Å². The maximum Gasteiger partial charge on any atom is 0.173 e. The Morgan fingerprint density at radius 2 is 0.791 bits per heavy atom. The molecule has 0 saturated heterocycles. The van der Waals surface area contributed by atoms with Crippen LogP contribution in [0.4, 0.5) is 0 Å². The first-order valence-electron chi connectivity index (χ1n) is 15.8. The number of thioether (sulfide) groups is 1. The number of Topliss-reactive ketones (excluding diaryl/α,β-unsaturated/α-hetero) is 2. The molecule has 2 nitrogen and oxygen atoms in total. The minimum absolute atomic E-state index is 0.211. The van der Waals surface area contributed by atoms with Gasteiger partial charge in [-0.25, -0.2) is 0 Å². The molecule has 0 spiro atoms.